The van der Waals surface area contributed by atoms with Gasteiger partial charge in [-0.3, -0.25) is 4.79 Å². The Kier molecular flexibility index (Phi) is 2.83. The van der Waals surface area contributed by atoms with Gasteiger partial charge in [0.25, 0.3) is 5.91 Å². The second kappa shape index (κ2) is 4.22. The summed E-state index contributed by atoms with van der Waals surface area (Å²) in [5, 5.41) is 2.85. The van der Waals surface area contributed by atoms with Crippen LogP contribution in [0.25, 0.3) is 0 Å². The van der Waals surface area contributed by atoms with E-state index >= 15 is 0 Å². The highest BCUT2D eigenvalue weighted by Gasteiger charge is 2.59. The Bertz CT molecular complexity index is 558. The molecule has 1 amide bonds. The monoisotopic (exact) mass is 284 g/mol. The topological polar surface area (TPSA) is 32.3 Å². The molecule has 0 saturated carbocycles. The maximum absolute atomic E-state index is 13.2. The van der Waals surface area contributed by atoms with Crippen molar-refractivity contribution in [1.82, 2.24) is 10.2 Å². The lowest BCUT2D eigenvalue weighted by Crippen LogP contribution is -2.66. The molecule has 108 valence electrons. The second-order valence-electron chi connectivity index (χ2n) is 5.29. The average molecular weight is 284 g/mol. The summed E-state index contributed by atoms with van der Waals surface area (Å²) < 4.78 is 39.7. The van der Waals surface area contributed by atoms with Crippen molar-refractivity contribution in [3.63, 3.8) is 0 Å². The van der Waals surface area contributed by atoms with Crippen molar-refractivity contribution in [2.24, 2.45) is 0 Å². The molecule has 1 saturated heterocycles. The zero-order valence-corrected chi connectivity index (χ0v) is 11.0. The number of amides is 1. The predicted octanol–water partition coefficient (Wildman–Crippen LogP) is 2.28. The minimum atomic E-state index is -4.43. The molecule has 1 fully saturated rings. The molecule has 0 aromatic heterocycles. The minimum absolute atomic E-state index is 0.245. The van der Waals surface area contributed by atoms with Crippen molar-refractivity contribution in [3.05, 3.63) is 35.4 Å². The number of fused-ring (bicyclic) bond motifs is 3. The summed E-state index contributed by atoms with van der Waals surface area (Å²) in [5.41, 5.74) is 0.216. The highest BCUT2D eigenvalue weighted by Crippen LogP contribution is 2.46. The molecule has 1 N–H and O–H groups in total. The van der Waals surface area contributed by atoms with Crippen molar-refractivity contribution in [1.29, 1.82) is 0 Å². The van der Waals surface area contributed by atoms with E-state index < -0.39 is 23.7 Å². The summed E-state index contributed by atoms with van der Waals surface area (Å²) >= 11 is 0. The maximum Gasteiger partial charge on any atom is 0.410 e. The van der Waals surface area contributed by atoms with E-state index in [-0.39, 0.29) is 6.54 Å². The lowest BCUT2D eigenvalue weighted by molar-refractivity contribution is -0.195. The number of hydrogen-bond acceptors (Lipinski definition) is 2. The van der Waals surface area contributed by atoms with Crippen molar-refractivity contribution >= 4 is 5.91 Å². The number of rotatable bonds is 1. The molecule has 1 aromatic rings. The highest BCUT2D eigenvalue weighted by molar-refractivity contribution is 6.00. The van der Waals surface area contributed by atoms with Crippen LogP contribution in [0.1, 0.15) is 29.3 Å². The predicted molar refractivity (Wildman–Crippen MR) is 67.3 cm³/mol. The number of benzene rings is 1. The van der Waals surface area contributed by atoms with Crippen LogP contribution in [0.4, 0.5) is 13.2 Å². The van der Waals surface area contributed by atoms with E-state index in [2.05, 4.69) is 5.32 Å². The SMILES string of the molecule is CCC12CNCC(C(F)(F)F)N1C(=O)c1ccccc12. The van der Waals surface area contributed by atoms with Gasteiger partial charge in [-0.25, -0.2) is 0 Å². The third-order valence-electron chi connectivity index (χ3n) is 4.37. The third kappa shape index (κ3) is 1.60. The molecule has 6 heteroatoms. The van der Waals surface area contributed by atoms with Crippen molar-refractivity contribution in [2.75, 3.05) is 13.1 Å². The number of piperazine rings is 1. The van der Waals surface area contributed by atoms with Gasteiger partial charge in [-0.05, 0) is 18.1 Å². The molecule has 0 radical (unpaired) electrons. The summed E-state index contributed by atoms with van der Waals surface area (Å²) in [7, 11) is 0. The Hall–Kier alpha value is -1.56. The van der Waals surface area contributed by atoms with Crippen LogP contribution in [-0.2, 0) is 5.54 Å². The Morgan fingerprint density at radius 3 is 2.75 bits per heavy atom. The molecule has 20 heavy (non-hydrogen) atoms. The zero-order chi connectivity index (χ0) is 14.5. The van der Waals surface area contributed by atoms with E-state index in [9.17, 15) is 18.0 Å². The summed E-state index contributed by atoms with van der Waals surface area (Å²) in [4.78, 5) is 13.5. The van der Waals surface area contributed by atoms with Gasteiger partial charge in [0.05, 0.1) is 5.54 Å². The lowest BCUT2D eigenvalue weighted by atomic mass is 9.84. The number of hydrogen-bond donors (Lipinski definition) is 1. The molecule has 1 aromatic carbocycles. The number of carbonyl (C=O) groups excluding carboxylic acids is 1. The van der Waals surface area contributed by atoms with E-state index in [1.807, 2.05) is 6.92 Å². The molecule has 3 nitrogen and oxygen atoms in total. The Labute approximate surface area is 114 Å². The standard InChI is InChI=1S/C14H15F3N2O/c1-2-13-8-18-7-11(14(15,16)17)19(13)12(20)9-5-3-4-6-10(9)13/h3-6,11,18H,2,7-8H2,1H3. The normalized spacial score (nSPS) is 29.3. The molecule has 3 rings (SSSR count). The number of carbonyl (C=O) groups is 1. The molecule has 2 heterocycles. The van der Waals surface area contributed by atoms with Crippen LogP contribution in [0.3, 0.4) is 0 Å². The van der Waals surface area contributed by atoms with Gasteiger partial charge in [0.1, 0.15) is 6.04 Å². The van der Waals surface area contributed by atoms with Gasteiger partial charge in [0.15, 0.2) is 0 Å². The van der Waals surface area contributed by atoms with Gasteiger partial charge in [0, 0.05) is 18.7 Å². The van der Waals surface area contributed by atoms with Crippen LogP contribution in [0.5, 0.6) is 0 Å². The van der Waals surface area contributed by atoms with E-state index in [0.717, 1.165) is 4.90 Å². The Morgan fingerprint density at radius 1 is 1.40 bits per heavy atom. The number of alkyl halides is 3. The van der Waals surface area contributed by atoms with Gasteiger partial charge in [0.2, 0.25) is 0 Å². The summed E-state index contributed by atoms with van der Waals surface area (Å²) in [6, 6.07) is 5.06. The van der Waals surface area contributed by atoms with Crippen molar-refractivity contribution in [3.8, 4) is 0 Å². The molecule has 2 atom stereocenters. The van der Waals surface area contributed by atoms with Crippen molar-refractivity contribution in [2.45, 2.75) is 31.1 Å². The summed E-state index contributed by atoms with van der Waals surface area (Å²) in [6.45, 7) is 1.94. The Balaban J connectivity index is 2.17. The van der Waals surface area contributed by atoms with E-state index in [0.29, 0.717) is 24.1 Å². The van der Waals surface area contributed by atoms with Gasteiger partial charge >= 0.3 is 6.18 Å². The quantitative estimate of drug-likeness (QED) is 0.858. The summed E-state index contributed by atoms with van der Waals surface area (Å²) in [6.07, 6.45) is -3.97. The first-order valence-electron chi connectivity index (χ1n) is 6.62. The van der Waals surface area contributed by atoms with E-state index in [1.165, 1.54) is 0 Å². The molecular weight excluding hydrogens is 269 g/mol. The first-order valence-corrected chi connectivity index (χ1v) is 6.62. The fraction of sp³-hybridized carbons (Fsp3) is 0.500. The lowest BCUT2D eigenvalue weighted by Gasteiger charge is -2.48. The molecule has 0 aliphatic carbocycles. The van der Waals surface area contributed by atoms with Crippen LogP contribution in [0.2, 0.25) is 0 Å². The molecule has 0 spiro atoms. The van der Waals surface area contributed by atoms with E-state index in [4.69, 9.17) is 0 Å². The largest absolute Gasteiger partial charge is 0.410 e. The van der Waals surface area contributed by atoms with E-state index in [1.54, 1.807) is 24.3 Å². The zero-order valence-electron chi connectivity index (χ0n) is 11.0. The van der Waals surface area contributed by atoms with Gasteiger partial charge in [-0.1, -0.05) is 25.1 Å². The van der Waals surface area contributed by atoms with Crippen LogP contribution in [-0.4, -0.2) is 36.1 Å². The van der Waals surface area contributed by atoms with Gasteiger partial charge in [-0.15, -0.1) is 0 Å². The minimum Gasteiger partial charge on any atom is -0.314 e. The van der Waals surface area contributed by atoms with Gasteiger partial charge < -0.3 is 10.2 Å². The van der Waals surface area contributed by atoms with Crippen LogP contribution in [0.15, 0.2) is 24.3 Å². The smallest absolute Gasteiger partial charge is 0.314 e. The van der Waals surface area contributed by atoms with Crippen LogP contribution < -0.4 is 5.32 Å². The first kappa shape index (κ1) is 13.4. The van der Waals surface area contributed by atoms with Crippen LogP contribution >= 0.6 is 0 Å². The second-order valence-corrected chi connectivity index (χ2v) is 5.29. The number of halogens is 3. The molecule has 0 bridgehead atoms. The van der Waals surface area contributed by atoms with Crippen molar-refractivity contribution < 1.29 is 18.0 Å². The fourth-order valence-corrected chi connectivity index (χ4v) is 3.40. The fourth-order valence-electron chi connectivity index (χ4n) is 3.40. The van der Waals surface area contributed by atoms with Crippen LogP contribution in [0, 0.1) is 0 Å². The molecule has 2 aliphatic heterocycles. The third-order valence-corrected chi connectivity index (χ3v) is 4.37. The van der Waals surface area contributed by atoms with Gasteiger partial charge in [-0.2, -0.15) is 13.2 Å². The molecule has 2 aliphatic rings. The highest BCUT2D eigenvalue weighted by atomic mass is 19.4. The molecule has 2 unspecified atom stereocenters. The maximum atomic E-state index is 13.2. The molecular formula is C14H15F3N2O. The number of nitrogens with zero attached hydrogens (tertiary/aromatic N) is 1. The first-order chi connectivity index (χ1) is 9.42. The summed E-state index contributed by atoms with van der Waals surface area (Å²) in [5.74, 6) is -0.508. The number of nitrogens with one attached hydrogen (secondary N) is 1. The average Bonchev–Trinajstić information content (AvgIpc) is 2.69. The Morgan fingerprint density at radius 2 is 2.10 bits per heavy atom.